The van der Waals surface area contributed by atoms with E-state index >= 15 is 0 Å². The number of benzene rings is 1. The van der Waals surface area contributed by atoms with Crippen molar-refractivity contribution in [2.45, 2.75) is 45.4 Å². The number of methoxy groups -OCH3 is 1. The highest BCUT2D eigenvalue weighted by Crippen LogP contribution is 2.23. The molecule has 1 aromatic rings. The van der Waals surface area contributed by atoms with Gasteiger partial charge in [0, 0.05) is 0 Å². The fraction of sp³-hybridized carbons (Fsp3) is 0.529. The highest BCUT2D eigenvalue weighted by molar-refractivity contribution is 5.91. The third-order valence-electron chi connectivity index (χ3n) is 3.34. The summed E-state index contributed by atoms with van der Waals surface area (Å²) < 4.78 is 14.6. The van der Waals surface area contributed by atoms with Gasteiger partial charge in [-0.1, -0.05) is 39.0 Å². The Kier molecular flexibility index (Phi) is 8.57. The summed E-state index contributed by atoms with van der Waals surface area (Å²) in [6.07, 6.45) is 5.86. The van der Waals surface area contributed by atoms with Crippen LogP contribution < -0.4 is 10.5 Å². The first-order valence-electron chi connectivity index (χ1n) is 7.91. The molecule has 0 atom stereocenters. The van der Waals surface area contributed by atoms with E-state index in [1.807, 2.05) is 0 Å². The van der Waals surface area contributed by atoms with Gasteiger partial charge in [0.2, 0.25) is 0 Å². The van der Waals surface area contributed by atoms with Crippen molar-refractivity contribution in [1.29, 1.82) is 0 Å². The third-order valence-corrected chi connectivity index (χ3v) is 3.34. The molecule has 1 aromatic carbocycles. The second kappa shape index (κ2) is 10.5. The summed E-state index contributed by atoms with van der Waals surface area (Å²) in [6, 6.07) is 4.30. The van der Waals surface area contributed by atoms with Crippen molar-refractivity contribution in [1.82, 2.24) is 0 Å². The lowest BCUT2D eigenvalue weighted by Crippen LogP contribution is -2.13. The van der Waals surface area contributed by atoms with Gasteiger partial charge in [-0.3, -0.25) is 0 Å². The number of ether oxygens (including phenoxy) is 3. The fourth-order valence-corrected chi connectivity index (χ4v) is 2.04. The van der Waals surface area contributed by atoms with Gasteiger partial charge in [-0.2, -0.15) is 0 Å². The van der Waals surface area contributed by atoms with Crippen LogP contribution in [0.5, 0.6) is 5.75 Å². The number of anilines is 1. The first-order valence-corrected chi connectivity index (χ1v) is 7.91. The van der Waals surface area contributed by atoms with E-state index < -0.39 is 12.1 Å². The molecule has 0 aliphatic heterocycles. The quantitative estimate of drug-likeness (QED) is 0.320. The minimum Gasteiger partial charge on any atom is -0.465 e. The summed E-state index contributed by atoms with van der Waals surface area (Å²) in [5.41, 5.74) is 6.20. The lowest BCUT2D eigenvalue weighted by molar-refractivity contribution is 0.0601. The average molecular weight is 323 g/mol. The second-order valence-electron chi connectivity index (χ2n) is 5.21. The molecule has 2 N–H and O–H groups in total. The zero-order chi connectivity index (χ0) is 17.1. The first kappa shape index (κ1) is 18.8. The third kappa shape index (κ3) is 7.04. The molecule has 1 rings (SSSR count). The Morgan fingerprint density at radius 2 is 1.78 bits per heavy atom. The Hall–Kier alpha value is -2.24. The molecule has 0 aliphatic rings. The molecule has 0 saturated heterocycles. The molecule has 6 heteroatoms. The van der Waals surface area contributed by atoms with Gasteiger partial charge in [0.15, 0.2) is 5.75 Å². The Morgan fingerprint density at radius 1 is 1.09 bits per heavy atom. The lowest BCUT2D eigenvalue weighted by atomic mass is 10.1. The van der Waals surface area contributed by atoms with Crippen molar-refractivity contribution >= 4 is 17.8 Å². The summed E-state index contributed by atoms with van der Waals surface area (Å²) in [4.78, 5) is 22.9. The van der Waals surface area contributed by atoms with Gasteiger partial charge < -0.3 is 19.9 Å². The molecule has 0 radical (unpaired) electrons. The zero-order valence-electron chi connectivity index (χ0n) is 13.8. The smallest absolute Gasteiger partial charge is 0.465 e. The number of hydrogen-bond acceptors (Lipinski definition) is 6. The van der Waals surface area contributed by atoms with Crippen molar-refractivity contribution in [3.63, 3.8) is 0 Å². The van der Waals surface area contributed by atoms with Gasteiger partial charge in [0.1, 0.15) is 0 Å². The van der Waals surface area contributed by atoms with E-state index in [4.69, 9.17) is 15.2 Å². The van der Waals surface area contributed by atoms with Crippen molar-refractivity contribution in [2.75, 3.05) is 19.5 Å². The zero-order valence-corrected chi connectivity index (χ0v) is 13.8. The van der Waals surface area contributed by atoms with E-state index in [-0.39, 0.29) is 17.0 Å². The van der Waals surface area contributed by atoms with Crippen LogP contribution in [0.25, 0.3) is 0 Å². The van der Waals surface area contributed by atoms with Crippen LogP contribution in [0, 0.1) is 0 Å². The lowest BCUT2D eigenvalue weighted by Gasteiger charge is -2.09. The first-order chi connectivity index (χ1) is 11.1. The van der Waals surface area contributed by atoms with Crippen molar-refractivity contribution < 1.29 is 23.8 Å². The summed E-state index contributed by atoms with van der Waals surface area (Å²) in [5.74, 6) is -0.348. The van der Waals surface area contributed by atoms with Gasteiger partial charge in [-0.05, 0) is 24.6 Å². The number of hydrogen-bond donors (Lipinski definition) is 1. The minimum atomic E-state index is -0.795. The van der Waals surface area contributed by atoms with Crippen LogP contribution in [0.4, 0.5) is 10.5 Å². The normalized spacial score (nSPS) is 10.2. The molecule has 0 fully saturated rings. The van der Waals surface area contributed by atoms with Crippen LogP contribution in [0.3, 0.4) is 0 Å². The maximum Gasteiger partial charge on any atom is 0.513 e. The molecule has 0 aromatic heterocycles. The van der Waals surface area contributed by atoms with Crippen molar-refractivity contribution in [2.24, 2.45) is 0 Å². The van der Waals surface area contributed by atoms with Crippen LogP contribution in [0.1, 0.15) is 55.8 Å². The predicted octanol–water partition coefficient (Wildman–Crippen LogP) is 3.93. The van der Waals surface area contributed by atoms with E-state index in [1.54, 1.807) is 0 Å². The van der Waals surface area contributed by atoms with Gasteiger partial charge in [0.05, 0.1) is 25.0 Å². The van der Waals surface area contributed by atoms with Crippen LogP contribution >= 0.6 is 0 Å². The standard InChI is InChI=1S/C17H25NO5/c1-3-4-5-6-7-8-11-22-17(20)23-15-10-9-13(12-14(15)18)16(19)21-2/h9-10,12H,3-8,11,18H2,1-2H3. The Morgan fingerprint density at radius 3 is 2.43 bits per heavy atom. The van der Waals surface area contributed by atoms with Crippen LogP contribution in [-0.2, 0) is 9.47 Å². The monoisotopic (exact) mass is 323 g/mol. The molecule has 23 heavy (non-hydrogen) atoms. The van der Waals surface area contributed by atoms with E-state index in [2.05, 4.69) is 11.7 Å². The van der Waals surface area contributed by atoms with Crippen LogP contribution in [0.2, 0.25) is 0 Å². The number of nitrogens with two attached hydrogens (primary N) is 1. The van der Waals surface area contributed by atoms with E-state index in [9.17, 15) is 9.59 Å². The van der Waals surface area contributed by atoms with E-state index in [1.165, 1.54) is 44.6 Å². The Labute approximate surface area is 136 Å². The van der Waals surface area contributed by atoms with E-state index in [0.29, 0.717) is 6.61 Å². The van der Waals surface area contributed by atoms with Crippen molar-refractivity contribution in [3.05, 3.63) is 23.8 Å². The molecule has 0 bridgehead atoms. The van der Waals surface area contributed by atoms with Gasteiger partial charge in [-0.25, -0.2) is 9.59 Å². The summed E-state index contributed by atoms with van der Waals surface area (Å²) in [6.45, 7) is 2.49. The summed E-state index contributed by atoms with van der Waals surface area (Å²) in [5, 5.41) is 0. The molecule has 0 heterocycles. The Bertz CT molecular complexity index is 516. The van der Waals surface area contributed by atoms with E-state index in [0.717, 1.165) is 19.3 Å². The second-order valence-corrected chi connectivity index (χ2v) is 5.21. The molecule has 0 unspecified atom stereocenters. The number of unbranched alkanes of at least 4 members (excludes halogenated alkanes) is 5. The molecular formula is C17H25NO5. The molecule has 0 spiro atoms. The molecule has 0 aliphatic carbocycles. The van der Waals surface area contributed by atoms with Crippen molar-refractivity contribution in [3.8, 4) is 5.75 Å². The topological polar surface area (TPSA) is 87.8 Å². The Balaban J connectivity index is 2.33. The average Bonchev–Trinajstić information content (AvgIpc) is 2.55. The number of carbonyl (C=O) groups is 2. The number of rotatable bonds is 9. The van der Waals surface area contributed by atoms with Gasteiger partial charge in [0.25, 0.3) is 0 Å². The highest BCUT2D eigenvalue weighted by atomic mass is 16.7. The molecular weight excluding hydrogens is 298 g/mol. The van der Waals surface area contributed by atoms with Gasteiger partial charge in [-0.15, -0.1) is 0 Å². The number of carbonyl (C=O) groups excluding carboxylic acids is 2. The number of esters is 1. The largest absolute Gasteiger partial charge is 0.513 e. The summed E-state index contributed by atoms with van der Waals surface area (Å²) >= 11 is 0. The van der Waals surface area contributed by atoms with Crippen LogP contribution in [-0.4, -0.2) is 25.8 Å². The minimum absolute atomic E-state index is 0.158. The fourth-order valence-electron chi connectivity index (χ4n) is 2.04. The predicted molar refractivity (Wildman–Crippen MR) is 87.5 cm³/mol. The number of nitrogen functional groups attached to an aromatic ring is 1. The molecule has 0 amide bonds. The maximum absolute atomic E-state index is 11.6. The maximum atomic E-state index is 11.6. The highest BCUT2D eigenvalue weighted by Gasteiger charge is 2.12. The molecule has 6 nitrogen and oxygen atoms in total. The SMILES string of the molecule is CCCCCCCCOC(=O)Oc1ccc(C(=O)OC)cc1N. The van der Waals surface area contributed by atoms with Gasteiger partial charge >= 0.3 is 12.1 Å². The molecule has 128 valence electrons. The summed E-state index contributed by atoms with van der Waals surface area (Å²) in [7, 11) is 1.28. The molecule has 0 saturated carbocycles. The van der Waals surface area contributed by atoms with Crippen LogP contribution in [0.15, 0.2) is 18.2 Å².